The number of unbranched alkanes of at least 4 members (excludes halogenated alkanes) is 2. The number of carbonyl (C=O) groups excluding carboxylic acids is 1. The van der Waals surface area contributed by atoms with Crippen LogP contribution in [0.4, 0.5) is 21.5 Å². The van der Waals surface area contributed by atoms with Gasteiger partial charge < -0.3 is 30.5 Å². The molecule has 1 fully saturated rings. The van der Waals surface area contributed by atoms with Crippen molar-refractivity contribution in [3.63, 3.8) is 0 Å². The first-order valence-corrected chi connectivity index (χ1v) is 14.4. The van der Waals surface area contributed by atoms with E-state index in [0.29, 0.717) is 66.2 Å². The Hall–Kier alpha value is -3.75. The summed E-state index contributed by atoms with van der Waals surface area (Å²) in [6.45, 7) is 1.96. The fraction of sp³-hybridized carbons (Fsp3) is 0.387. The maximum atomic E-state index is 13.7. The van der Waals surface area contributed by atoms with Gasteiger partial charge in [-0.3, -0.25) is 9.78 Å². The number of fused-ring (bicyclic) bond motifs is 1. The molecule has 4 N–H and O–H groups in total. The van der Waals surface area contributed by atoms with Crippen molar-refractivity contribution >= 4 is 45.5 Å². The molecule has 0 aliphatic carbocycles. The van der Waals surface area contributed by atoms with E-state index in [0.717, 1.165) is 25.8 Å². The summed E-state index contributed by atoms with van der Waals surface area (Å²) in [4.78, 5) is 17.4. The summed E-state index contributed by atoms with van der Waals surface area (Å²) in [5.41, 5.74) is 2.04. The first-order valence-electron chi connectivity index (χ1n) is 14.0. The number of anilines is 3. The van der Waals surface area contributed by atoms with Crippen LogP contribution in [0.3, 0.4) is 0 Å². The van der Waals surface area contributed by atoms with Crippen LogP contribution in [0, 0.1) is 17.1 Å². The van der Waals surface area contributed by atoms with Crippen LogP contribution in [0.25, 0.3) is 10.9 Å². The summed E-state index contributed by atoms with van der Waals surface area (Å²) in [7, 11) is 1.92. The van der Waals surface area contributed by atoms with Gasteiger partial charge in [0.2, 0.25) is 5.91 Å². The van der Waals surface area contributed by atoms with Crippen molar-refractivity contribution in [2.75, 3.05) is 37.4 Å². The van der Waals surface area contributed by atoms with Gasteiger partial charge in [0.1, 0.15) is 23.7 Å². The molecule has 11 heteroatoms. The van der Waals surface area contributed by atoms with Gasteiger partial charge in [0.25, 0.3) is 0 Å². The molecular weight excluding hydrogens is 561 g/mol. The summed E-state index contributed by atoms with van der Waals surface area (Å²) in [6, 6.07) is 9.68. The number of aliphatic hydroxyl groups excluding tert-OH is 1. The van der Waals surface area contributed by atoms with Crippen molar-refractivity contribution in [1.29, 1.82) is 5.26 Å². The number of amides is 1. The molecule has 1 saturated heterocycles. The van der Waals surface area contributed by atoms with E-state index >= 15 is 0 Å². The number of ether oxygens (including phenoxy) is 2. The van der Waals surface area contributed by atoms with Gasteiger partial charge in [0.05, 0.1) is 46.8 Å². The molecule has 222 valence electrons. The third-order valence-electron chi connectivity index (χ3n) is 6.86. The van der Waals surface area contributed by atoms with Crippen LogP contribution < -0.4 is 20.7 Å². The van der Waals surface area contributed by atoms with Gasteiger partial charge in [-0.15, -0.1) is 0 Å². The van der Waals surface area contributed by atoms with Crippen LogP contribution in [0.15, 0.2) is 48.7 Å². The van der Waals surface area contributed by atoms with Gasteiger partial charge in [-0.05, 0) is 63.2 Å². The molecular formula is C31H35ClFN5O4. The molecule has 0 bridgehead atoms. The lowest BCUT2D eigenvalue weighted by Gasteiger charge is -2.18. The van der Waals surface area contributed by atoms with Crippen LogP contribution in [0.5, 0.6) is 5.75 Å². The van der Waals surface area contributed by atoms with Gasteiger partial charge in [0.15, 0.2) is 0 Å². The number of hydrogen-bond acceptors (Lipinski definition) is 8. The van der Waals surface area contributed by atoms with Gasteiger partial charge in [0, 0.05) is 29.8 Å². The summed E-state index contributed by atoms with van der Waals surface area (Å²) < 4.78 is 25.4. The molecule has 1 aromatic heterocycles. The number of nitrogens with zero attached hydrogens (tertiary/aromatic N) is 2. The number of nitrogens with one attached hydrogen (secondary N) is 3. The molecule has 2 aromatic carbocycles. The number of nitriles is 1. The third-order valence-corrected chi connectivity index (χ3v) is 7.15. The van der Waals surface area contributed by atoms with Gasteiger partial charge in [-0.25, -0.2) is 4.39 Å². The zero-order valence-electron chi connectivity index (χ0n) is 23.5. The largest absolute Gasteiger partial charge is 0.486 e. The molecule has 0 saturated carbocycles. The maximum absolute atomic E-state index is 13.7. The second-order valence-electron chi connectivity index (χ2n) is 10.1. The predicted molar refractivity (Wildman–Crippen MR) is 162 cm³/mol. The number of rotatable bonds is 14. The number of hydrogen-bond donors (Lipinski definition) is 4. The van der Waals surface area contributed by atoms with Crippen LogP contribution in [0.1, 0.15) is 44.1 Å². The third kappa shape index (κ3) is 8.63. The highest BCUT2D eigenvalue weighted by Gasteiger charge is 2.21. The van der Waals surface area contributed by atoms with Crippen molar-refractivity contribution in [1.82, 2.24) is 10.3 Å². The molecule has 0 spiro atoms. The molecule has 1 aliphatic rings. The summed E-state index contributed by atoms with van der Waals surface area (Å²) in [5, 5.41) is 29.7. The fourth-order valence-electron chi connectivity index (χ4n) is 4.62. The molecule has 3 aromatic rings. The Labute approximate surface area is 249 Å². The van der Waals surface area contributed by atoms with E-state index in [2.05, 4.69) is 27.0 Å². The average molecular weight is 596 g/mol. The van der Waals surface area contributed by atoms with E-state index in [1.165, 1.54) is 30.5 Å². The number of aromatic nitrogens is 1. The molecule has 2 heterocycles. The van der Waals surface area contributed by atoms with Crippen molar-refractivity contribution in [2.45, 2.75) is 50.7 Å². The molecule has 0 radical (unpaired) electrons. The Morgan fingerprint density at radius 2 is 2.19 bits per heavy atom. The van der Waals surface area contributed by atoms with Gasteiger partial charge >= 0.3 is 0 Å². The minimum absolute atomic E-state index is 0.0648. The first kappa shape index (κ1) is 31.2. The normalized spacial score (nSPS) is 15.5. The van der Waals surface area contributed by atoms with E-state index < -0.39 is 17.8 Å². The zero-order chi connectivity index (χ0) is 29.9. The van der Waals surface area contributed by atoms with E-state index in [4.69, 9.17) is 21.1 Å². The Bertz CT molecular complexity index is 1460. The Balaban J connectivity index is 1.57. The Morgan fingerprint density at radius 1 is 1.33 bits per heavy atom. The number of aliphatic hydroxyl groups is 1. The summed E-state index contributed by atoms with van der Waals surface area (Å²) in [6.07, 6.45) is 8.53. The topological polar surface area (TPSA) is 129 Å². The van der Waals surface area contributed by atoms with Crippen LogP contribution in [-0.2, 0) is 9.53 Å². The van der Waals surface area contributed by atoms with Crippen molar-refractivity contribution in [3.8, 4) is 11.8 Å². The van der Waals surface area contributed by atoms with E-state index in [9.17, 15) is 19.6 Å². The monoisotopic (exact) mass is 595 g/mol. The average Bonchev–Trinajstić information content (AvgIpc) is 3.49. The molecule has 1 unspecified atom stereocenters. The molecule has 1 amide bonds. The van der Waals surface area contributed by atoms with Crippen molar-refractivity contribution in [3.05, 3.63) is 65.1 Å². The van der Waals surface area contributed by atoms with Crippen LogP contribution >= 0.6 is 11.6 Å². The first-order chi connectivity index (χ1) is 20.4. The lowest BCUT2D eigenvalue weighted by Crippen LogP contribution is -2.18. The lowest BCUT2D eigenvalue weighted by molar-refractivity contribution is -0.111. The minimum atomic E-state index is -0.560. The molecule has 9 nitrogen and oxygen atoms in total. The van der Waals surface area contributed by atoms with E-state index in [-0.39, 0.29) is 16.7 Å². The Morgan fingerprint density at radius 3 is 2.93 bits per heavy atom. The maximum Gasteiger partial charge on any atom is 0.248 e. The number of benzene rings is 2. The molecule has 42 heavy (non-hydrogen) atoms. The van der Waals surface area contributed by atoms with E-state index in [1.807, 2.05) is 7.05 Å². The lowest BCUT2D eigenvalue weighted by atomic mass is 10.1. The van der Waals surface area contributed by atoms with E-state index in [1.54, 1.807) is 18.2 Å². The van der Waals surface area contributed by atoms with Crippen molar-refractivity contribution in [2.24, 2.45) is 0 Å². The van der Waals surface area contributed by atoms with Gasteiger partial charge in [-0.2, -0.15) is 5.26 Å². The number of carbonyl (C=O) groups is 1. The second-order valence-corrected chi connectivity index (χ2v) is 10.5. The van der Waals surface area contributed by atoms with Crippen molar-refractivity contribution < 1.29 is 23.8 Å². The number of pyridine rings is 1. The fourth-order valence-corrected chi connectivity index (χ4v) is 4.80. The van der Waals surface area contributed by atoms with Gasteiger partial charge in [-0.1, -0.05) is 30.5 Å². The predicted octanol–water partition coefficient (Wildman–Crippen LogP) is 5.84. The van der Waals surface area contributed by atoms with Crippen LogP contribution in [-0.4, -0.2) is 55.0 Å². The number of halogens is 2. The smallest absolute Gasteiger partial charge is 0.248 e. The highest BCUT2D eigenvalue weighted by atomic mass is 35.5. The summed E-state index contributed by atoms with van der Waals surface area (Å²) in [5.74, 6) is -0.545. The Kier molecular flexibility index (Phi) is 11.5. The van der Waals surface area contributed by atoms with Crippen LogP contribution in [0.2, 0.25) is 5.02 Å². The summed E-state index contributed by atoms with van der Waals surface area (Å²) >= 11 is 5.97. The molecule has 1 aliphatic heterocycles. The molecule has 4 rings (SSSR count). The molecule has 2 atom stereocenters. The zero-order valence-corrected chi connectivity index (χ0v) is 24.2. The minimum Gasteiger partial charge on any atom is -0.486 e. The highest BCUT2D eigenvalue weighted by Crippen LogP contribution is 2.37. The second kappa shape index (κ2) is 15.5. The highest BCUT2D eigenvalue weighted by molar-refractivity contribution is 6.31. The standard InChI is InChI=1S/C31H35ClFN5O4/c1-35-12-4-2-3-6-22(39)7-5-8-30(40)38-28-15-24-27(16-29(28)42-23-11-13-41-19-23)36-18-20(17-34)31(24)37-21-9-10-26(33)25(32)14-21/h5,8-10,14-16,18,22-23,35,39H,2-4,6-7,11-13,19H2,1H3,(H,36,37)(H,38,40)/b8-5+/t22?,23-/m0/s1. The SMILES string of the molecule is CNCCCCCC(O)C/C=C/C(=O)Nc1cc2c(Nc3ccc(F)c(Cl)c3)c(C#N)cnc2cc1O[C@H]1CCOC1. The quantitative estimate of drug-likeness (QED) is 0.135.